The third-order valence-electron chi connectivity index (χ3n) is 4.21. The number of carbonyl (C=O) groups excluding carboxylic acids is 1. The van der Waals surface area contributed by atoms with E-state index in [1.165, 1.54) is 6.42 Å². The van der Waals surface area contributed by atoms with E-state index >= 15 is 0 Å². The van der Waals surface area contributed by atoms with Crippen LogP contribution in [0.25, 0.3) is 0 Å². The van der Waals surface area contributed by atoms with Crippen molar-refractivity contribution in [2.24, 2.45) is 11.7 Å². The number of rotatable bonds is 2. The molecular weight excluding hydrogens is 214 g/mol. The molecule has 1 amide bonds. The molecule has 0 radical (unpaired) electrons. The molecule has 3 atom stereocenters. The fourth-order valence-corrected chi connectivity index (χ4v) is 3.12. The molecule has 0 aromatic carbocycles. The van der Waals surface area contributed by atoms with E-state index in [2.05, 4.69) is 5.32 Å². The van der Waals surface area contributed by atoms with Crippen LogP contribution in [0.1, 0.15) is 38.5 Å². The monoisotopic (exact) mass is 239 g/mol. The first-order chi connectivity index (χ1) is 8.20. The molecule has 1 aliphatic carbocycles. The third kappa shape index (κ3) is 3.19. The molecule has 3 unspecified atom stereocenters. The van der Waals surface area contributed by atoms with E-state index in [9.17, 15) is 4.79 Å². The Morgan fingerprint density at radius 2 is 2.12 bits per heavy atom. The largest absolute Gasteiger partial charge is 0.341 e. The molecule has 0 aromatic rings. The normalized spacial score (nSPS) is 34.7. The fourth-order valence-electron chi connectivity index (χ4n) is 3.12. The minimum atomic E-state index is 0.189. The number of piperidine rings is 1. The number of nitrogens with one attached hydrogen (secondary N) is 1. The third-order valence-corrected chi connectivity index (χ3v) is 4.21. The number of carbonyl (C=O) groups is 1. The van der Waals surface area contributed by atoms with Gasteiger partial charge in [0.15, 0.2) is 0 Å². The number of likely N-dealkylation sites (tertiary alicyclic amines) is 1. The Bertz CT molecular complexity index is 269. The lowest BCUT2D eigenvalue weighted by Gasteiger charge is -2.36. The highest BCUT2D eigenvalue weighted by molar-refractivity contribution is 5.79. The maximum absolute atomic E-state index is 12.4. The van der Waals surface area contributed by atoms with Crippen molar-refractivity contribution in [3.63, 3.8) is 0 Å². The SMILES string of the molecule is CNC1CCCN(C(=O)C2CCCC(N)C2)C1. The van der Waals surface area contributed by atoms with Gasteiger partial charge in [-0.3, -0.25) is 4.79 Å². The van der Waals surface area contributed by atoms with Gasteiger partial charge in [-0.25, -0.2) is 0 Å². The van der Waals surface area contributed by atoms with Crippen molar-refractivity contribution in [2.75, 3.05) is 20.1 Å². The Balaban J connectivity index is 1.89. The highest BCUT2D eigenvalue weighted by atomic mass is 16.2. The topological polar surface area (TPSA) is 58.4 Å². The van der Waals surface area contributed by atoms with Crippen LogP contribution in [0.4, 0.5) is 0 Å². The molecule has 2 aliphatic rings. The minimum Gasteiger partial charge on any atom is -0.341 e. The standard InChI is InChI=1S/C13H25N3O/c1-15-12-6-3-7-16(9-12)13(17)10-4-2-5-11(14)8-10/h10-12,15H,2-9,14H2,1H3. The molecule has 4 heteroatoms. The Morgan fingerprint density at radius 3 is 2.82 bits per heavy atom. The van der Waals surface area contributed by atoms with Crippen molar-refractivity contribution in [3.8, 4) is 0 Å². The predicted octanol–water partition coefficient (Wildman–Crippen LogP) is 0.714. The zero-order chi connectivity index (χ0) is 12.3. The summed E-state index contributed by atoms with van der Waals surface area (Å²) in [6.45, 7) is 1.81. The van der Waals surface area contributed by atoms with Crippen molar-refractivity contribution < 1.29 is 4.79 Å². The van der Waals surface area contributed by atoms with Crippen molar-refractivity contribution in [2.45, 2.75) is 50.6 Å². The van der Waals surface area contributed by atoms with Crippen LogP contribution in [0.3, 0.4) is 0 Å². The number of hydrogen-bond acceptors (Lipinski definition) is 3. The summed E-state index contributed by atoms with van der Waals surface area (Å²) in [5, 5.41) is 3.28. The molecular formula is C13H25N3O. The average Bonchev–Trinajstić information content (AvgIpc) is 2.38. The van der Waals surface area contributed by atoms with Gasteiger partial charge < -0.3 is 16.0 Å². The van der Waals surface area contributed by atoms with Crippen LogP contribution < -0.4 is 11.1 Å². The first-order valence-electron chi connectivity index (χ1n) is 6.92. The molecule has 1 heterocycles. The fraction of sp³-hybridized carbons (Fsp3) is 0.923. The van der Waals surface area contributed by atoms with Gasteiger partial charge in [-0.1, -0.05) is 6.42 Å². The van der Waals surface area contributed by atoms with Crippen molar-refractivity contribution >= 4 is 5.91 Å². The number of nitrogens with zero attached hydrogens (tertiary/aromatic N) is 1. The molecule has 2 rings (SSSR count). The van der Waals surface area contributed by atoms with Crippen LogP contribution in [0.5, 0.6) is 0 Å². The quantitative estimate of drug-likeness (QED) is 0.746. The molecule has 98 valence electrons. The van der Waals surface area contributed by atoms with E-state index in [0.29, 0.717) is 11.9 Å². The second-order valence-electron chi connectivity index (χ2n) is 5.54. The minimum absolute atomic E-state index is 0.189. The zero-order valence-corrected chi connectivity index (χ0v) is 10.8. The molecule has 2 fully saturated rings. The van der Waals surface area contributed by atoms with Crippen molar-refractivity contribution in [1.82, 2.24) is 10.2 Å². The van der Waals surface area contributed by atoms with Crippen LogP contribution in [0.15, 0.2) is 0 Å². The maximum Gasteiger partial charge on any atom is 0.225 e. The second-order valence-corrected chi connectivity index (χ2v) is 5.54. The van der Waals surface area contributed by atoms with Gasteiger partial charge in [0, 0.05) is 31.1 Å². The first kappa shape index (κ1) is 12.8. The van der Waals surface area contributed by atoms with Crippen LogP contribution in [0.2, 0.25) is 0 Å². The van der Waals surface area contributed by atoms with E-state index < -0.39 is 0 Å². The Morgan fingerprint density at radius 1 is 1.29 bits per heavy atom. The molecule has 0 spiro atoms. The highest BCUT2D eigenvalue weighted by Crippen LogP contribution is 2.26. The zero-order valence-electron chi connectivity index (χ0n) is 10.8. The van der Waals surface area contributed by atoms with Crippen molar-refractivity contribution in [1.29, 1.82) is 0 Å². The van der Waals surface area contributed by atoms with Gasteiger partial charge in [0.2, 0.25) is 5.91 Å². The molecule has 1 saturated carbocycles. The van der Waals surface area contributed by atoms with Crippen LogP contribution in [-0.4, -0.2) is 43.0 Å². The van der Waals surface area contributed by atoms with E-state index in [1.807, 2.05) is 11.9 Å². The molecule has 0 bridgehead atoms. The highest BCUT2D eigenvalue weighted by Gasteiger charge is 2.31. The van der Waals surface area contributed by atoms with Crippen LogP contribution in [-0.2, 0) is 4.79 Å². The Labute approximate surface area is 104 Å². The Hall–Kier alpha value is -0.610. The van der Waals surface area contributed by atoms with Gasteiger partial charge in [0.05, 0.1) is 0 Å². The van der Waals surface area contributed by atoms with E-state index in [4.69, 9.17) is 5.73 Å². The summed E-state index contributed by atoms with van der Waals surface area (Å²) < 4.78 is 0. The molecule has 1 saturated heterocycles. The average molecular weight is 239 g/mol. The summed E-state index contributed by atoms with van der Waals surface area (Å²) in [6, 6.07) is 0.715. The summed E-state index contributed by atoms with van der Waals surface area (Å²) in [5.74, 6) is 0.537. The summed E-state index contributed by atoms with van der Waals surface area (Å²) in [6.07, 6.45) is 6.43. The van der Waals surface area contributed by atoms with Gasteiger partial charge in [-0.15, -0.1) is 0 Å². The van der Waals surface area contributed by atoms with Gasteiger partial charge in [-0.2, -0.15) is 0 Å². The van der Waals surface area contributed by atoms with Crippen LogP contribution >= 0.6 is 0 Å². The lowest BCUT2D eigenvalue weighted by molar-refractivity contribution is -0.138. The molecule has 0 aromatic heterocycles. The number of hydrogen-bond donors (Lipinski definition) is 2. The number of likely N-dealkylation sites (N-methyl/N-ethyl adjacent to an activating group) is 1. The second kappa shape index (κ2) is 5.83. The summed E-state index contributed by atoms with van der Waals surface area (Å²) in [7, 11) is 1.98. The summed E-state index contributed by atoms with van der Waals surface area (Å²) in [5.41, 5.74) is 5.96. The number of amides is 1. The van der Waals surface area contributed by atoms with Gasteiger partial charge in [0.25, 0.3) is 0 Å². The van der Waals surface area contributed by atoms with E-state index in [0.717, 1.165) is 45.2 Å². The van der Waals surface area contributed by atoms with Crippen molar-refractivity contribution in [3.05, 3.63) is 0 Å². The van der Waals surface area contributed by atoms with E-state index in [1.54, 1.807) is 0 Å². The van der Waals surface area contributed by atoms with Gasteiger partial charge >= 0.3 is 0 Å². The van der Waals surface area contributed by atoms with Gasteiger partial charge in [0.1, 0.15) is 0 Å². The molecule has 4 nitrogen and oxygen atoms in total. The lowest BCUT2D eigenvalue weighted by atomic mass is 9.85. The van der Waals surface area contributed by atoms with E-state index in [-0.39, 0.29) is 12.0 Å². The predicted molar refractivity (Wildman–Crippen MR) is 68.6 cm³/mol. The smallest absolute Gasteiger partial charge is 0.225 e. The maximum atomic E-state index is 12.4. The molecule has 17 heavy (non-hydrogen) atoms. The molecule has 3 N–H and O–H groups in total. The molecule has 1 aliphatic heterocycles. The van der Waals surface area contributed by atoms with Crippen LogP contribution in [0, 0.1) is 5.92 Å². The summed E-state index contributed by atoms with van der Waals surface area (Å²) >= 11 is 0. The number of nitrogens with two attached hydrogens (primary N) is 1. The lowest BCUT2D eigenvalue weighted by Crippen LogP contribution is -2.49. The summed E-state index contributed by atoms with van der Waals surface area (Å²) in [4.78, 5) is 14.5. The Kier molecular flexibility index (Phi) is 4.40. The van der Waals surface area contributed by atoms with Gasteiger partial charge in [-0.05, 0) is 39.2 Å². The first-order valence-corrected chi connectivity index (χ1v) is 6.92.